The zero-order valence-corrected chi connectivity index (χ0v) is 13.5. The third-order valence-corrected chi connectivity index (χ3v) is 3.84. The average Bonchev–Trinajstić information content (AvgIpc) is 2.52. The largest absolute Gasteiger partial charge is 0.483 e. The van der Waals surface area contributed by atoms with Gasteiger partial charge in [-0.15, -0.1) is 0 Å². The van der Waals surface area contributed by atoms with E-state index in [0.29, 0.717) is 17.7 Å². The van der Waals surface area contributed by atoms with E-state index < -0.39 is 5.60 Å². The van der Waals surface area contributed by atoms with E-state index in [9.17, 15) is 9.59 Å². The van der Waals surface area contributed by atoms with Crippen LogP contribution in [0.15, 0.2) is 53.5 Å². The first-order valence-electron chi connectivity index (χ1n) is 7.69. The number of carbonyl (C=O) groups excluding carboxylic acids is 1. The summed E-state index contributed by atoms with van der Waals surface area (Å²) >= 11 is 0. The van der Waals surface area contributed by atoms with Gasteiger partial charge in [-0.3, -0.25) is 14.2 Å². The van der Waals surface area contributed by atoms with Crippen molar-refractivity contribution in [1.82, 2.24) is 4.57 Å². The molecule has 1 aliphatic heterocycles. The first-order valence-corrected chi connectivity index (χ1v) is 7.69. The lowest BCUT2D eigenvalue weighted by atomic mass is 9.96. The van der Waals surface area contributed by atoms with Crippen LogP contribution >= 0.6 is 0 Å². The van der Waals surface area contributed by atoms with Gasteiger partial charge >= 0.3 is 0 Å². The molecule has 0 unspecified atom stereocenters. The van der Waals surface area contributed by atoms with Crippen molar-refractivity contribution in [3.8, 4) is 5.75 Å². The first kappa shape index (κ1) is 15.3. The molecule has 1 aliphatic rings. The van der Waals surface area contributed by atoms with Crippen molar-refractivity contribution in [3.05, 3.63) is 70.2 Å². The molecule has 118 valence electrons. The van der Waals surface area contributed by atoms with Gasteiger partial charge in [-0.2, -0.15) is 0 Å². The molecular formula is C19H19NO3. The maximum absolute atomic E-state index is 12.2. The van der Waals surface area contributed by atoms with Crippen molar-refractivity contribution < 1.29 is 9.53 Å². The summed E-state index contributed by atoms with van der Waals surface area (Å²) in [4.78, 5) is 24.2. The number of carbonyl (C=O) groups is 1. The number of fused-ring (bicyclic) bond motifs is 1. The van der Waals surface area contributed by atoms with E-state index in [1.165, 1.54) is 6.07 Å². The van der Waals surface area contributed by atoms with E-state index in [1.54, 1.807) is 29.0 Å². The molecule has 0 spiro atoms. The molecule has 0 bridgehead atoms. The van der Waals surface area contributed by atoms with Crippen LogP contribution in [0.3, 0.4) is 0 Å². The summed E-state index contributed by atoms with van der Waals surface area (Å²) in [5.74, 6) is 0.744. The summed E-state index contributed by atoms with van der Waals surface area (Å²) < 4.78 is 7.56. The average molecular weight is 309 g/mol. The molecule has 2 heterocycles. The van der Waals surface area contributed by atoms with Crippen LogP contribution in [0.1, 0.15) is 43.1 Å². The van der Waals surface area contributed by atoms with Crippen molar-refractivity contribution >= 4 is 11.5 Å². The van der Waals surface area contributed by atoms with Crippen LogP contribution in [0.2, 0.25) is 0 Å². The maximum atomic E-state index is 12.2. The normalized spacial score (nSPS) is 15.3. The van der Waals surface area contributed by atoms with Gasteiger partial charge in [0, 0.05) is 29.8 Å². The van der Waals surface area contributed by atoms with Crippen LogP contribution in [0.25, 0.3) is 5.70 Å². The monoisotopic (exact) mass is 309 g/mol. The number of nitrogens with zero attached hydrogens (tertiary/aromatic N) is 1. The van der Waals surface area contributed by atoms with Gasteiger partial charge in [0.15, 0.2) is 5.78 Å². The number of ketones is 1. The number of ether oxygens (including phenoxy) is 1. The molecule has 1 aromatic heterocycles. The second-order valence-corrected chi connectivity index (χ2v) is 6.13. The Hall–Kier alpha value is -2.62. The van der Waals surface area contributed by atoms with E-state index in [1.807, 2.05) is 39.0 Å². The number of pyridine rings is 1. The molecule has 23 heavy (non-hydrogen) atoms. The number of aromatic nitrogens is 1. The molecule has 0 aliphatic carbocycles. The van der Waals surface area contributed by atoms with Crippen molar-refractivity contribution in [1.29, 1.82) is 0 Å². The summed E-state index contributed by atoms with van der Waals surface area (Å²) in [6, 6.07) is 10.4. The maximum Gasteiger partial charge on any atom is 0.255 e. The van der Waals surface area contributed by atoms with Gasteiger partial charge in [-0.1, -0.05) is 13.0 Å². The number of Topliss-reactive ketones (excluding diaryl/α,β-unsaturated/α-hetero) is 1. The standard InChI is InChI=1S/C19H19NO3/c1-4-16(21)13-8-9-17-14(11-13)15(12-19(2,3)23-17)20-10-6-5-7-18(20)22/h5-12H,4H2,1-3H3. The molecule has 2 aromatic rings. The van der Waals surface area contributed by atoms with Crippen molar-refractivity contribution in [2.24, 2.45) is 0 Å². The van der Waals surface area contributed by atoms with Crippen LogP contribution in [0, 0.1) is 0 Å². The number of benzene rings is 1. The summed E-state index contributed by atoms with van der Waals surface area (Å²) in [5.41, 5.74) is 1.48. The predicted octanol–water partition coefficient (Wildman–Crippen LogP) is 3.50. The molecule has 0 saturated heterocycles. The molecule has 3 rings (SSSR count). The van der Waals surface area contributed by atoms with Gasteiger partial charge in [-0.25, -0.2) is 0 Å². The third-order valence-electron chi connectivity index (χ3n) is 3.84. The minimum Gasteiger partial charge on any atom is -0.483 e. The minimum absolute atomic E-state index is 0.0670. The molecule has 0 radical (unpaired) electrons. The van der Waals surface area contributed by atoms with Crippen LogP contribution < -0.4 is 10.3 Å². The molecular weight excluding hydrogens is 290 g/mol. The Kier molecular flexibility index (Phi) is 3.68. The predicted molar refractivity (Wildman–Crippen MR) is 89.8 cm³/mol. The quantitative estimate of drug-likeness (QED) is 0.815. The fourth-order valence-electron chi connectivity index (χ4n) is 2.74. The second-order valence-electron chi connectivity index (χ2n) is 6.13. The highest BCUT2D eigenvalue weighted by molar-refractivity contribution is 5.97. The van der Waals surface area contributed by atoms with E-state index in [4.69, 9.17) is 4.74 Å². The second kappa shape index (κ2) is 5.54. The highest BCUT2D eigenvalue weighted by Crippen LogP contribution is 2.37. The Morgan fingerprint density at radius 2 is 2.00 bits per heavy atom. The summed E-state index contributed by atoms with van der Waals surface area (Å²) in [7, 11) is 0. The van der Waals surface area contributed by atoms with Gasteiger partial charge < -0.3 is 4.74 Å². The Bertz CT molecular complexity index is 859. The van der Waals surface area contributed by atoms with Gasteiger partial charge in [0.25, 0.3) is 5.56 Å². The van der Waals surface area contributed by atoms with E-state index in [-0.39, 0.29) is 11.3 Å². The lowest BCUT2D eigenvalue weighted by molar-refractivity contribution is 0.0988. The van der Waals surface area contributed by atoms with Crippen LogP contribution in [0.4, 0.5) is 0 Å². The Labute approximate surface area is 135 Å². The van der Waals surface area contributed by atoms with Crippen molar-refractivity contribution in [3.63, 3.8) is 0 Å². The molecule has 4 heteroatoms. The third kappa shape index (κ3) is 2.84. The fraction of sp³-hybridized carbons (Fsp3) is 0.263. The number of rotatable bonds is 3. The van der Waals surface area contributed by atoms with Gasteiger partial charge in [0.05, 0.1) is 5.70 Å². The molecule has 0 amide bonds. The smallest absolute Gasteiger partial charge is 0.255 e. The molecule has 0 fully saturated rings. The van der Waals surface area contributed by atoms with E-state index in [2.05, 4.69) is 0 Å². The van der Waals surface area contributed by atoms with Crippen LogP contribution in [-0.2, 0) is 0 Å². The van der Waals surface area contributed by atoms with Gasteiger partial charge in [0.1, 0.15) is 11.4 Å². The minimum atomic E-state index is -0.534. The summed E-state index contributed by atoms with van der Waals surface area (Å²) in [5, 5.41) is 0. The highest BCUT2D eigenvalue weighted by Gasteiger charge is 2.28. The van der Waals surface area contributed by atoms with Gasteiger partial charge in [0.2, 0.25) is 0 Å². The summed E-state index contributed by atoms with van der Waals surface area (Å²) in [6.45, 7) is 5.71. The Balaban J connectivity index is 2.23. The molecule has 0 N–H and O–H groups in total. The van der Waals surface area contributed by atoms with Crippen molar-refractivity contribution in [2.75, 3.05) is 0 Å². The molecule has 0 saturated carbocycles. The Morgan fingerprint density at radius 3 is 2.70 bits per heavy atom. The topological polar surface area (TPSA) is 48.3 Å². The van der Waals surface area contributed by atoms with Crippen molar-refractivity contribution in [2.45, 2.75) is 32.8 Å². The van der Waals surface area contributed by atoms with Crippen LogP contribution in [-0.4, -0.2) is 16.0 Å². The highest BCUT2D eigenvalue weighted by atomic mass is 16.5. The van der Waals surface area contributed by atoms with E-state index in [0.717, 1.165) is 11.3 Å². The summed E-state index contributed by atoms with van der Waals surface area (Å²) in [6.07, 6.45) is 4.08. The fourth-order valence-corrected chi connectivity index (χ4v) is 2.74. The first-order chi connectivity index (χ1) is 10.9. The zero-order valence-electron chi connectivity index (χ0n) is 13.5. The lowest BCUT2D eigenvalue weighted by Gasteiger charge is -2.31. The zero-order chi connectivity index (χ0) is 16.6. The number of hydrogen-bond acceptors (Lipinski definition) is 3. The SMILES string of the molecule is CCC(=O)c1ccc2c(c1)C(n1ccccc1=O)=CC(C)(C)O2. The molecule has 1 aromatic carbocycles. The molecule has 4 nitrogen and oxygen atoms in total. The molecule has 0 atom stereocenters. The number of hydrogen-bond donors (Lipinski definition) is 0. The van der Waals surface area contributed by atoms with Crippen LogP contribution in [0.5, 0.6) is 5.75 Å². The Morgan fingerprint density at radius 1 is 1.22 bits per heavy atom. The van der Waals surface area contributed by atoms with E-state index >= 15 is 0 Å². The van der Waals surface area contributed by atoms with Gasteiger partial charge in [-0.05, 0) is 44.2 Å². The lowest BCUT2D eigenvalue weighted by Crippen LogP contribution is -2.32.